The first-order valence-electron chi connectivity index (χ1n) is 8.61. The third-order valence-corrected chi connectivity index (χ3v) is 5.55. The Kier molecular flexibility index (Phi) is 4.58. The fourth-order valence-electron chi connectivity index (χ4n) is 3.55. The van der Waals surface area contributed by atoms with Crippen LogP contribution in [0, 0.1) is 0 Å². The number of fused-ring (bicyclic) bond motifs is 3. The average Bonchev–Trinajstić information content (AvgIpc) is 3.37. The lowest BCUT2D eigenvalue weighted by atomic mass is 10.1. The third kappa shape index (κ3) is 2.86. The van der Waals surface area contributed by atoms with E-state index >= 15 is 0 Å². The Balaban J connectivity index is 1.83. The summed E-state index contributed by atoms with van der Waals surface area (Å²) in [6.07, 6.45) is 0.0843. The van der Waals surface area contributed by atoms with Gasteiger partial charge in [-0.25, -0.2) is 9.86 Å². The zero-order valence-electron chi connectivity index (χ0n) is 15.0. The van der Waals surface area contributed by atoms with Gasteiger partial charge in [-0.3, -0.25) is 14.2 Å². The van der Waals surface area contributed by atoms with Gasteiger partial charge in [-0.05, 0) is 42.1 Å². The molecule has 7 heteroatoms. The van der Waals surface area contributed by atoms with Crippen LogP contribution in [0.25, 0.3) is 27.2 Å². The van der Waals surface area contributed by atoms with Gasteiger partial charge in [0.25, 0.3) is 0 Å². The van der Waals surface area contributed by atoms with Gasteiger partial charge in [0.2, 0.25) is 5.82 Å². The van der Waals surface area contributed by atoms with Crippen LogP contribution in [0.1, 0.15) is 25.1 Å². The molecule has 4 rings (SSSR count). The van der Waals surface area contributed by atoms with Crippen molar-refractivity contribution in [1.82, 2.24) is 9.63 Å². The predicted octanol–water partition coefficient (Wildman–Crippen LogP) is 3.87. The summed E-state index contributed by atoms with van der Waals surface area (Å²) in [6.45, 7) is 2.07. The smallest absolute Gasteiger partial charge is 0.308 e. The fourth-order valence-corrected chi connectivity index (χ4v) is 4.27. The second-order valence-electron chi connectivity index (χ2n) is 6.11. The quantitative estimate of drug-likeness (QED) is 0.495. The lowest BCUT2D eigenvalue weighted by molar-refractivity contribution is -0.151. The number of hydrogen-bond donors (Lipinski definition) is 0. The first-order chi connectivity index (χ1) is 13.2. The fraction of sp³-hybridized carbons (Fsp3) is 0.250. The van der Waals surface area contributed by atoms with E-state index < -0.39 is 6.04 Å². The van der Waals surface area contributed by atoms with Crippen LogP contribution in [0.4, 0.5) is 0 Å². The average molecular weight is 382 g/mol. The molecule has 0 aliphatic carbocycles. The maximum absolute atomic E-state index is 12.1. The number of aromatic nitrogens is 1. The van der Waals surface area contributed by atoms with Crippen molar-refractivity contribution >= 4 is 40.0 Å². The highest BCUT2D eigenvalue weighted by Crippen LogP contribution is 2.42. The molecule has 0 spiro atoms. The summed E-state index contributed by atoms with van der Waals surface area (Å²) >= 11 is 1.68. The number of thiophene rings is 1. The Morgan fingerprint density at radius 1 is 1.30 bits per heavy atom. The van der Waals surface area contributed by atoms with Crippen molar-refractivity contribution in [3.8, 4) is 10.4 Å². The molecule has 1 aromatic carbocycles. The standard InChI is InChI=1S/C20H18N2O4S/c1-3-26-20(24)11-17-16-10-14-9-13(18-5-4-8-27-18)6-7-15(14)21(16)19(12-23)22(17)25-2/h4-10,17H,3,11H2,1-2H3. The Hall–Kier alpha value is -2.86. The van der Waals surface area contributed by atoms with Crippen molar-refractivity contribution in [2.45, 2.75) is 19.4 Å². The highest BCUT2D eigenvalue weighted by molar-refractivity contribution is 7.13. The maximum atomic E-state index is 12.1. The topological polar surface area (TPSA) is 60.8 Å². The van der Waals surface area contributed by atoms with Crippen LogP contribution in [0.2, 0.25) is 0 Å². The van der Waals surface area contributed by atoms with E-state index in [1.807, 2.05) is 35.6 Å². The Morgan fingerprint density at radius 2 is 2.15 bits per heavy atom. The number of nitrogens with zero attached hydrogens (tertiary/aromatic N) is 2. The summed E-state index contributed by atoms with van der Waals surface area (Å²) in [7, 11) is 1.47. The molecular formula is C20H18N2O4S. The highest BCUT2D eigenvalue weighted by atomic mass is 32.1. The zero-order valence-corrected chi connectivity index (χ0v) is 15.8. The third-order valence-electron chi connectivity index (χ3n) is 4.63. The summed E-state index contributed by atoms with van der Waals surface area (Å²) in [5.74, 6) is 1.85. The second-order valence-corrected chi connectivity index (χ2v) is 7.06. The number of ether oxygens (including phenoxy) is 1. The molecular weight excluding hydrogens is 364 g/mol. The zero-order chi connectivity index (χ0) is 19.0. The van der Waals surface area contributed by atoms with Crippen molar-refractivity contribution < 1.29 is 19.2 Å². The molecule has 6 nitrogen and oxygen atoms in total. The van der Waals surface area contributed by atoms with E-state index in [1.54, 1.807) is 22.8 Å². The second kappa shape index (κ2) is 7.04. The summed E-state index contributed by atoms with van der Waals surface area (Å²) in [4.78, 5) is 30.3. The van der Waals surface area contributed by atoms with Gasteiger partial charge in [0, 0.05) is 10.3 Å². The van der Waals surface area contributed by atoms with Crippen LogP contribution < -0.4 is 0 Å². The molecule has 0 N–H and O–H groups in total. The Labute approximate surface area is 160 Å². The SMILES string of the molecule is CCOC(=O)CC1c2cc3cc(-c4cccs4)ccc3n2C(=C=O)N1OC. The Morgan fingerprint density at radius 3 is 2.81 bits per heavy atom. The van der Waals surface area contributed by atoms with Gasteiger partial charge in [-0.1, -0.05) is 12.1 Å². The maximum Gasteiger partial charge on any atom is 0.308 e. The largest absolute Gasteiger partial charge is 0.466 e. The molecule has 0 fully saturated rings. The molecule has 0 saturated carbocycles. The molecule has 1 aliphatic rings. The number of rotatable bonds is 5. The Bertz CT molecular complexity index is 1050. The van der Waals surface area contributed by atoms with E-state index in [9.17, 15) is 9.59 Å². The van der Waals surface area contributed by atoms with E-state index in [0.29, 0.717) is 6.61 Å². The number of hydrogen-bond acceptors (Lipinski definition) is 6. The molecule has 0 saturated heterocycles. The summed E-state index contributed by atoms with van der Waals surface area (Å²) < 4.78 is 6.89. The highest BCUT2D eigenvalue weighted by Gasteiger charge is 2.38. The minimum Gasteiger partial charge on any atom is -0.466 e. The van der Waals surface area contributed by atoms with Gasteiger partial charge in [-0.2, -0.15) is 0 Å². The summed E-state index contributed by atoms with van der Waals surface area (Å²) in [5.41, 5.74) is 2.79. The van der Waals surface area contributed by atoms with E-state index in [2.05, 4.69) is 12.1 Å². The molecule has 3 aromatic rings. The predicted molar refractivity (Wildman–Crippen MR) is 103 cm³/mol. The summed E-state index contributed by atoms with van der Waals surface area (Å²) in [5, 5.41) is 4.46. The van der Waals surface area contributed by atoms with Crippen molar-refractivity contribution in [3.05, 3.63) is 47.5 Å². The van der Waals surface area contributed by atoms with Crippen LogP contribution in [-0.2, 0) is 19.2 Å². The molecule has 0 amide bonds. The normalized spacial score (nSPS) is 15.9. The van der Waals surface area contributed by atoms with Crippen LogP contribution in [0.15, 0.2) is 41.8 Å². The monoisotopic (exact) mass is 382 g/mol. The molecule has 138 valence electrons. The number of esters is 1. The molecule has 1 unspecified atom stereocenters. The molecule has 27 heavy (non-hydrogen) atoms. The number of carbonyl (C=O) groups excluding carboxylic acids is 2. The summed E-state index contributed by atoms with van der Waals surface area (Å²) in [6, 6.07) is 11.7. The van der Waals surface area contributed by atoms with E-state index in [-0.39, 0.29) is 18.2 Å². The number of carbonyl (C=O) groups is 1. The van der Waals surface area contributed by atoms with Crippen molar-refractivity contribution in [2.24, 2.45) is 0 Å². The molecule has 1 aliphatic heterocycles. The molecule has 2 aromatic heterocycles. The van der Waals surface area contributed by atoms with Crippen molar-refractivity contribution in [1.29, 1.82) is 0 Å². The van der Waals surface area contributed by atoms with Crippen LogP contribution in [-0.4, -0.2) is 35.3 Å². The minimum atomic E-state index is -0.442. The molecule has 0 radical (unpaired) electrons. The lowest BCUT2D eigenvalue weighted by Gasteiger charge is -2.22. The van der Waals surface area contributed by atoms with Crippen molar-refractivity contribution in [3.63, 3.8) is 0 Å². The van der Waals surface area contributed by atoms with E-state index in [4.69, 9.17) is 9.57 Å². The van der Waals surface area contributed by atoms with Gasteiger partial charge < -0.3 is 4.74 Å². The minimum absolute atomic E-state index is 0.0843. The first-order valence-corrected chi connectivity index (χ1v) is 9.49. The van der Waals surface area contributed by atoms with E-state index in [0.717, 1.165) is 22.2 Å². The first kappa shape index (κ1) is 17.5. The van der Waals surface area contributed by atoms with Crippen LogP contribution >= 0.6 is 11.3 Å². The van der Waals surface area contributed by atoms with Crippen LogP contribution in [0.5, 0.6) is 0 Å². The van der Waals surface area contributed by atoms with Crippen LogP contribution in [0.3, 0.4) is 0 Å². The van der Waals surface area contributed by atoms with Gasteiger partial charge in [0.15, 0.2) is 5.94 Å². The van der Waals surface area contributed by atoms with Gasteiger partial charge in [-0.15, -0.1) is 11.3 Å². The van der Waals surface area contributed by atoms with Gasteiger partial charge in [0.05, 0.1) is 31.3 Å². The van der Waals surface area contributed by atoms with E-state index in [1.165, 1.54) is 17.1 Å². The number of hydroxylamine groups is 2. The molecule has 1 atom stereocenters. The lowest BCUT2D eigenvalue weighted by Crippen LogP contribution is -2.24. The molecule has 0 bridgehead atoms. The van der Waals surface area contributed by atoms with Gasteiger partial charge in [0.1, 0.15) is 6.04 Å². The number of benzene rings is 1. The molecule has 3 heterocycles. The van der Waals surface area contributed by atoms with Gasteiger partial charge >= 0.3 is 5.97 Å². The van der Waals surface area contributed by atoms with Crippen molar-refractivity contribution in [2.75, 3.05) is 13.7 Å².